The minimum atomic E-state index is -0.717. The number of nitrogens with two attached hydrogens (primary N) is 1. The van der Waals surface area contributed by atoms with Gasteiger partial charge in [-0.1, -0.05) is 0 Å². The summed E-state index contributed by atoms with van der Waals surface area (Å²) in [7, 11) is 0. The number of benzene rings is 2. The third kappa shape index (κ3) is 3.30. The van der Waals surface area contributed by atoms with Gasteiger partial charge in [0.15, 0.2) is 11.6 Å². The normalized spacial score (nSPS) is 17.8. The van der Waals surface area contributed by atoms with Gasteiger partial charge in [0.2, 0.25) is 0 Å². The second-order valence-corrected chi connectivity index (χ2v) is 8.79. The highest BCUT2D eigenvalue weighted by Gasteiger charge is 2.46. The van der Waals surface area contributed by atoms with Crippen LogP contribution in [0.2, 0.25) is 0 Å². The highest BCUT2D eigenvalue weighted by Crippen LogP contribution is 2.55. The Kier molecular flexibility index (Phi) is 4.70. The van der Waals surface area contributed by atoms with E-state index in [2.05, 4.69) is 4.98 Å². The molecule has 0 bridgehead atoms. The largest absolute Gasteiger partial charge is 0.453 e. The lowest BCUT2D eigenvalue weighted by molar-refractivity contribution is -0.124. The first-order chi connectivity index (χ1) is 15.4. The quantitative estimate of drug-likeness (QED) is 0.620. The summed E-state index contributed by atoms with van der Waals surface area (Å²) in [5, 5.41) is 9.66. The minimum Gasteiger partial charge on any atom is -0.453 e. The van der Waals surface area contributed by atoms with Crippen molar-refractivity contribution in [1.29, 1.82) is 5.26 Å². The number of nitriles is 1. The Morgan fingerprint density at radius 2 is 1.94 bits per heavy atom. The Morgan fingerprint density at radius 3 is 2.66 bits per heavy atom. The van der Waals surface area contributed by atoms with Gasteiger partial charge in [-0.3, -0.25) is 14.2 Å². The van der Waals surface area contributed by atoms with Crippen LogP contribution in [0.3, 0.4) is 0 Å². The maximum absolute atomic E-state index is 14.3. The van der Waals surface area contributed by atoms with Gasteiger partial charge in [0.1, 0.15) is 23.2 Å². The van der Waals surface area contributed by atoms with E-state index in [4.69, 9.17) is 10.5 Å². The molecule has 0 amide bonds. The number of ether oxygens (including phenoxy) is 1. The van der Waals surface area contributed by atoms with Crippen molar-refractivity contribution in [2.45, 2.75) is 44.6 Å². The van der Waals surface area contributed by atoms with E-state index in [9.17, 15) is 19.2 Å². The molecule has 2 aliphatic carbocycles. The highest BCUT2D eigenvalue weighted by molar-refractivity contribution is 5.80. The van der Waals surface area contributed by atoms with Crippen molar-refractivity contribution in [2.75, 3.05) is 5.73 Å². The Morgan fingerprint density at radius 1 is 1.19 bits per heavy atom. The molecule has 0 aliphatic heterocycles. The van der Waals surface area contributed by atoms with E-state index < -0.39 is 5.82 Å². The number of anilines is 1. The molecule has 0 atom stereocenters. The monoisotopic (exact) mass is 432 g/mol. The summed E-state index contributed by atoms with van der Waals surface area (Å²) in [5.74, 6) is -0.452. The Hall–Kier alpha value is -3.73. The van der Waals surface area contributed by atoms with Gasteiger partial charge in [-0.05, 0) is 61.4 Å². The van der Waals surface area contributed by atoms with Crippen LogP contribution in [0, 0.1) is 22.6 Å². The van der Waals surface area contributed by atoms with Crippen LogP contribution in [0.4, 0.5) is 10.1 Å². The molecule has 32 heavy (non-hydrogen) atoms. The smallest absolute Gasteiger partial charge is 0.261 e. The summed E-state index contributed by atoms with van der Waals surface area (Å²) in [5.41, 5.74) is 6.24. The predicted molar refractivity (Wildman–Crippen MR) is 116 cm³/mol. The standard InChI is InChI=1S/C24H21FN4O3/c25-19-2-3-20(27)18(12-26)22(19)32-16-1-4-21-17(9-16)23(31)29(13-28-21)14-10-24(11-14)7-5-15(30)6-8-24/h1-4,9,13-14H,5-8,10-11,27H2. The molecule has 2 fully saturated rings. The molecular weight excluding hydrogens is 411 g/mol. The van der Waals surface area contributed by atoms with Crippen LogP contribution < -0.4 is 16.0 Å². The molecule has 0 saturated heterocycles. The zero-order valence-corrected chi connectivity index (χ0v) is 17.3. The number of rotatable bonds is 3. The molecule has 2 aromatic carbocycles. The number of nitrogens with zero attached hydrogens (tertiary/aromatic N) is 3. The van der Waals surface area contributed by atoms with Gasteiger partial charge in [0, 0.05) is 18.9 Å². The van der Waals surface area contributed by atoms with Crippen LogP contribution >= 0.6 is 0 Å². The van der Waals surface area contributed by atoms with Gasteiger partial charge in [0.05, 0.1) is 22.9 Å². The van der Waals surface area contributed by atoms with E-state index in [1.807, 2.05) is 6.07 Å². The average molecular weight is 432 g/mol. The lowest BCUT2D eigenvalue weighted by Gasteiger charge is -2.50. The maximum Gasteiger partial charge on any atom is 0.261 e. The second kappa shape index (κ2) is 7.45. The lowest BCUT2D eigenvalue weighted by atomic mass is 9.58. The van der Waals surface area contributed by atoms with Crippen LogP contribution in [-0.2, 0) is 4.79 Å². The average Bonchev–Trinajstić information content (AvgIpc) is 2.77. The molecular formula is C24H21FN4O3. The molecule has 5 rings (SSSR count). The molecule has 0 radical (unpaired) electrons. The molecule has 8 heteroatoms. The van der Waals surface area contributed by atoms with E-state index in [0.29, 0.717) is 29.5 Å². The van der Waals surface area contributed by atoms with Crippen molar-refractivity contribution >= 4 is 22.4 Å². The molecule has 162 valence electrons. The van der Waals surface area contributed by atoms with Crippen molar-refractivity contribution in [3.05, 3.63) is 58.4 Å². The van der Waals surface area contributed by atoms with E-state index in [-0.39, 0.29) is 39.8 Å². The second-order valence-electron chi connectivity index (χ2n) is 8.79. The zero-order chi connectivity index (χ0) is 22.5. The number of carbonyl (C=O) groups is 1. The molecule has 1 spiro atoms. The first kappa shape index (κ1) is 20.2. The van der Waals surface area contributed by atoms with E-state index in [1.54, 1.807) is 23.0 Å². The van der Waals surface area contributed by atoms with Crippen molar-refractivity contribution < 1.29 is 13.9 Å². The van der Waals surface area contributed by atoms with E-state index in [0.717, 1.165) is 31.7 Å². The molecule has 2 saturated carbocycles. The Balaban J connectivity index is 1.45. The van der Waals surface area contributed by atoms with Gasteiger partial charge in [-0.25, -0.2) is 9.37 Å². The summed E-state index contributed by atoms with van der Waals surface area (Å²) in [6.45, 7) is 0. The number of halogens is 1. The fraction of sp³-hybridized carbons (Fsp3) is 0.333. The van der Waals surface area contributed by atoms with E-state index >= 15 is 0 Å². The number of hydrogen-bond acceptors (Lipinski definition) is 6. The first-order valence-corrected chi connectivity index (χ1v) is 10.6. The van der Waals surface area contributed by atoms with Gasteiger partial charge in [0.25, 0.3) is 5.56 Å². The number of ketones is 1. The highest BCUT2D eigenvalue weighted by atomic mass is 19.1. The lowest BCUT2D eigenvalue weighted by Crippen LogP contribution is -2.44. The number of fused-ring (bicyclic) bond motifs is 1. The number of carbonyl (C=O) groups excluding carboxylic acids is 1. The third-order valence-corrected chi connectivity index (χ3v) is 6.83. The van der Waals surface area contributed by atoms with Crippen molar-refractivity contribution in [2.24, 2.45) is 5.41 Å². The molecule has 1 heterocycles. The fourth-order valence-corrected chi connectivity index (χ4v) is 4.95. The predicted octanol–water partition coefficient (Wildman–Crippen LogP) is 4.25. The summed E-state index contributed by atoms with van der Waals surface area (Å²) in [6, 6.07) is 9.05. The van der Waals surface area contributed by atoms with Gasteiger partial charge >= 0.3 is 0 Å². The van der Waals surface area contributed by atoms with Crippen LogP contribution in [0.5, 0.6) is 11.5 Å². The number of Topliss-reactive ketones (excluding diaryl/α,β-unsaturated/α-hetero) is 1. The number of hydrogen-bond donors (Lipinski definition) is 1. The molecule has 0 unspecified atom stereocenters. The van der Waals surface area contributed by atoms with Crippen molar-refractivity contribution in [3.63, 3.8) is 0 Å². The summed E-state index contributed by atoms with van der Waals surface area (Å²) < 4.78 is 21.6. The minimum absolute atomic E-state index is 0.0498. The SMILES string of the molecule is N#Cc1c(N)ccc(F)c1Oc1ccc2ncn(C3CC4(CCC(=O)CC4)C3)c(=O)c2c1. The summed E-state index contributed by atoms with van der Waals surface area (Å²) in [6.07, 6.45) is 6.34. The summed E-state index contributed by atoms with van der Waals surface area (Å²) in [4.78, 5) is 29.2. The molecule has 2 N–H and O–H groups in total. The third-order valence-electron chi connectivity index (χ3n) is 6.83. The summed E-state index contributed by atoms with van der Waals surface area (Å²) >= 11 is 0. The topological polar surface area (TPSA) is 111 Å². The fourth-order valence-electron chi connectivity index (χ4n) is 4.95. The number of nitrogen functional groups attached to an aromatic ring is 1. The van der Waals surface area contributed by atoms with Crippen LogP contribution in [0.15, 0.2) is 41.5 Å². The van der Waals surface area contributed by atoms with Gasteiger partial charge in [-0.2, -0.15) is 5.26 Å². The van der Waals surface area contributed by atoms with Gasteiger partial charge < -0.3 is 10.5 Å². The zero-order valence-electron chi connectivity index (χ0n) is 17.3. The van der Waals surface area contributed by atoms with Crippen LogP contribution in [0.1, 0.15) is 50.1 Å². The van der Waals surface area contributed by atoms with Crippen LogP contribution in [-0.4, -0.2) is 15.3 Å². The molecule has 1 aromatic heterocycles. The molecule has 3 aromatic rings. The Labute approximate surface area is 183 Å². The van der Waals surface area contributed by atoms with E-state index in [1.165, 1.54) is 12.1 Å². The molecule has 7 nitrogen and oxygen atoms in total. The first-order valence-electron chi connectivity index (χ1n) is 10.6. The maximum atomic E-state index is 14.3. The van der Waals surface area contributed by atoms with Crippen LogP contribution in [0.25, 0.3) is 10.9 Å². The van der Waals surface area contributed by atoms with Crippen molar-refractivity contribution in [1.82, 2.24) is 9.55 Å². The Bertz CT molecular complexity index is 1340. The number of aromatic nitrogens is 2. The van der Waals surface area contributed by atoms with Crippen molar-refractivity contribution in [3.8, 4) is 17.6 Å². The molecule has 2 aliphatic rings. The van der Waals surface area contributed by atoms with Gasteiger partial charge in [-0.15, -0.1) is 0 Å².